The third-order valence-electron chi connectivity index (χ3n) is 7.06. The maximum atomic E-state index is 14.7. The fourth-order valence-electron chi connectivity index (χ4n) is 5.67. The highest BCUT2D eigenvalue weighted by Gasteiger charge is 2.60. The van der Waals surface area contributed by atoms with E-state index in [9.17, 15) is 9.59 Å². The van der Waals surface area contributed by atoms with Crippen LogP contribution < -0.4 is 4.74 Å². The van der Waals surface area contributed by atoms with Crippen molar-refractivity contribution in [3.63, 3.8) is 0 Å². The Hall–Kier alpha value is -2.71. The van der Waals surface area contributed by atoms with Crippen LogP contribution >= 0.6 is 11.3 Å². The minimum absolute atomic E-state index is 0.116. The lowest BCUT2D eigenvalue weighted by molar-refractivity contribution is -0.168. The number of methoxy groups -OCH3 is 1. The molecular formula is C34H52N2O5S. The van der Waals surface area contributed by atoms with Crippen molar-refractivity contribution in [1.82, 2.24) is 9.88 Å². The molecule has 3 atom stereocenters. The molecule has 1 saturated heterocycles. The van der Waals surface area contributed by atoms with Crippen LogP contribution in [0.1, 0.15) is 109 Å². The SMILES string of the molecule is C=CCOC[C@@H]1C[C@@](CC(C)C)(C(=O)OC(C)(C)C)N(C(=O)c2ccc(C(C)(C)C)c(OC)c2)[C@H]1c1nccs1.CC. The largest absolute Gasteiger partial charge is 0.496 e. The highest BCUT2D eigenvalue weighted by Crippen LogP contribution is 2.52. The molecular weight excluding hydrogens is 548 g/mol. The van der Waals surface area contributed by atoms with E-state index in [2.05, 4.69) is 46.2 Å². The molecule has 3 rings (SSSR count). The molecule has 0 unspecified atom stereocenters. The fourth-order valence-corrected chi connectivity index (χ4v) is 6.49. The van der Waals surface area contributed by atoms with Crippen LogP contribution in [-0.4, -0.2) is 53.2 Å². The average Bonchev–Trinajstić information content (AvgIpc) is 3.54. The second-order valence-electron chi connectivity index (χ2n) is 13.1. The predicted molar refractivity (Wildman–Crippen MR) is 171 cm³/mol. The van der Waals surface area contributed by atoms with Crippen LogP contribution in [0.3, 0.4) is 0 Å². The molecule has 1 aromatic carbocycles. The van der Waals surface area contributed by atoms with Crippen molar-refractivity contribution in [3.8, 4) is 5.75 Å². The van der Waals surface area contributed by atoms with Gasteiger partial charge in [-0.2, -0.15) is 0 Å². The smallest absolute Gasteiger partial charge is 0.332 e. The Balaban J connectivity index is 0.00000301. The summed E-state index contributed by atoms with van der Waals surface area (Å²) in [4.78, 5) is 35.3. The van der Waals surface area contributed by atoms with Crippen molar-refractivity contribution in [3.05, 3.63) is 58.6 Å². The summed E-state index contributed by atoms with van der Waals surface area (Å²) in [5.41, 5.74) is -0.638. The van der Waals surface area contributed by atoms with Gasteiger partial charge >= 0.3 is 5.97 Å². The summed E-state index contributed by atoms with van der Waals surface area (Å²) in [5.74, 6) is -0.0618. The molecule has 42 heavy (non-hydrogen) atoms. The number of hydrogen-bond donors (Lipinski definition) is 0. The zero-order valence-corrected chi connectivity index (χ0v) is 28.4. The third kappa shape index (κ3) is 8.22. The van der Waals surface area contributed by atoms with Gasteiger partial charge in [-0.25, -0.2) is 9.78 Å². The number of carbonyl (C=O) groups excluding carboxylic acids is 2. The number of benzene rings is 1. The quantitative estimate of drug-likeness (QED) is 0.156. The van der Waals surface area contributed by atoms with Gasteiger partial charge in [0.25, 0.3) is 5.91 Å². The fraction of sp³-hybridized carbons (Fsp3) is 0.618. The number of thiazole rings is 1. The Bertz CT molecular complexity index is 1180. The first-order valence-corrected chi connectivity index (χ1v) is 15.9. The van der Waals surface area contributed by atoms with Crippen molar-refractivity contribution in [1.29, 1.82) is 0 Å². The summed E-state index contributed by atoms with van der Waals surface area (Å²) < 4.78 is 17.7. The lowest BCUT2D eigenvalue weighted by Gasteiger charge is -2.41. The van der Waals surface area contributed by atoms with Crippen molar-refractivity contribution in [2.24, 2.45) is 11.8 Å². The lowest BCUT2D eigenvalue weighted by atomic mass is 9.83. The number of amides is 1. The molecule has 8 heteroatoms. The first kappa shape index (κ1) is 35.5. The maximum absolute atomic E-state index is 14.7. The van der Waals surface area contributed by atoms with Gasteiger partial charge in [-0.3, -0.25) is 4.79 Å². The van der Waals surface area contributed by atoms with Gasteiger partial charge in [0.15, 0.2) is 0 Å². The topological polar surface area (TPSA) is 78.0 Å². The Morgan fingerprint density at radius 1 is 1.19 bits per heavy atom. The number of hydrogen-bond acceptors (Lipinski definition) is 7. The molecule has 1 aromatic heterocycles. The number of carbonyl (C=O) groups is 2. The normalized spacial score (nSPS) is 20.6. The van der Waals surface area contributed by atoms with Crippen LogP contribution in [0.15, 0.2) is 42.4 Å². The molecule has 2 heterocycles. The zero-order chi connectivity index (χ0) is 31.9. The van der Waals surface area contributed by atoms with Crippen molar-refractivity contribution in [2.75, 3.05) is 20.3 Å². The monoisotopic (exact) mass is 600 g/mol. The standard InChI is InChI=1S/C32H46N2O5S.C2H6/c1-11-15-38-20-23-19-32(18-21(2)3,29(36)39-31(7,8)9)34(26(23)27-33-14-16-40-27)28(35)22-12-13-24(30(4,5)6)25(17-22)37-10;1-2/h11-14,16-17,21,23,26H,1,15,18-20H2,2-10H3;1-2H3/t23-,26+,32-;/m0./s1. The molecule has 1 amide bonds. The Kier molecular flexibility index (Phi) is 12.4. The molecule has 2 aromatic rings. The van der Waals surface area contributed by atoms with Gasteiger partial charge in [0, 0.05) is 23.1 Å². The summed E-state index contributed by atoms with van der Waals surface area (Å²) in [5, 5.41) is 2.67. The number of nitrogens with zero attached hydrogens (tertiary/aromatic N) is 2. The number of rotatable bonds is 10. The number of ether oxygens (including phenoxy) is 3. The minimum Gasteiger partial charge on any atom is -0.496 e. The van der Waals surface area contributed by atoms with E-state index < -0.39 is 23.2 Å². The van der Waals surface area contributed by atoms with E-state index in [0.717, 1.165) is 10.6 Å². The summed E-state index contributed by atoms with van der Waals surface area (Å²) in [6, 6.07) is 5.11. The number of aromatic nitrogens is 1. The molecule has 0 spiro atoms. The van der Waals surface area contributed by atoms with E-state index in [4.69, 9.17) is 14.2 Å². The van der Waals surface area contributed by atoms with E-state index >= 15 is 0 Å². The van der Waals surface area contributed by atoms with Crippen LogP contribution in [0.4, 0.5) is 0 Å². The zero-order valence-electron chi connectivity index (χ0n) is 27.6. The number of esters is 1. The molecule has 0 aliphatic carbocycles. The second-order valence-corrected chi connectivity index (χ2v) is 14.0. The van der Waals surface area contributed by atoms with Gasteiger partial charge in [-0.15, -0.1) is 17.9 Å². The third-order valence-corrected chi connectivity index (χ3v) is 7.90. The highest BCUT2D eigenvalue weighted by atomic mass is 32.1. The summed E-state index contributed by atoms with van der Waals surface area (Å²) >= 11 is 1.48. The van der Waals surface area contributed by atoms with E-state index in [1.165, 1.54) is 11.3 Å². The van der Waals surface area contributed by atoms with E-state index in [-0.39, 0.29) is 23.2 Å². The summed E-state index contributed by atoms with van der Waals surface area (Å²) in [7, 11) is 1.61. The molecule has 0 radical (unpaired) electrons. The van der Waals surface area contributed by atoms with Gasteiger partial charge in [-0.05, 0) is 62.6 Å². The van der Waals surface area contributed by atoms with Crippen molar-refractivity contribution >= 4 is 23.2 Å². The van der Waals surface area contributed by atoms with Gasteiger partial charge in [-0.1, -0.05) is 60.6 Å². The van der Waals surface area contributed by atoms with Crippen LogP contribution in [0.25, 0.3) is 0 Å². The molecule has 234 valence electrons. The first-order valence-electron chi connectivity index (χ1n) is 15.0. The second kappa shape index (κ2) is 14.6. The lowest BCUT2D eigenvalue weighted by Crippen LogP contribution is -2.56. The maximum Gasteiger partial charge on any atom is 0.332 e. The first-order chi connectivity index (χ1) is 19.6. The molecule has 0 bridgehead atoms. The molecule has 1 aliphatic heterocycles. The summed E-state index contributed by atoms with van der Waals surface area (Å²) in [6.07, 6.45) is 4.30. The van der Waals surface area contributed by atoms with Gasteiger partial charge in [0.05, 0.1) is 26.4 Å². The predicted octanol–water partition coefficient (Wildman–Crippen LogP) is 8.01. The van der Waals surface area contributed by atoms with Crippen LogP contribution in [0.2, 0.25) is 0 Å². The minimum atomic E-state index is -1.20. The van der Waals surface area contributed by atoms with Gasteiger partial charge < -0.3 is 19.1 Å². The highest BCUT2D eigenvalue weighted by molar-refractivity contribution is 7.09. The van der Waals surface area contributed by atoms with Crippen molar-refractivity contribution in [2.45, 2.75) is 105 Å². The Labute approximate surface area is 257 Å². The van der Waals surface area contributed by atoms with Crippen LogP contribution in [0.5, 0.6) is 5.75 Å². The molecule has 0 saturated carbocycles. The van der Waals surface area contributed by atoms with Crippen molar-refractivity contribution < 1.29 is 23.8 Å². The molecule has 0 N–H and O–H groups in total. The van der Waals surface area contributed by atoms with Crippen LogP contribution in [-0.2, 0) is 19.7 Å². The average molecular weight is 601 g/mol. The number of likely N-dealkylation sites (tertiary alicyclic amines) is 1. The van der Waals surface area contributed by atoms with Crippen LogP contribution in [0, 0.1) is 11.8 Å². The Morgan fingerprint density at radius 3 is 2.36 bits per heavy atom. The molecule has 1 fully saturated rings. The molecule has 1 aliphatic rings. The molecule has 7 nitrogen and oxygen atoms in total. The summed E-state index contributed by atoms with van der Waals surface area (Å²) in [6.45, 7) is 24.5. The van der Waals surface area contributed by atoms with Gasteiger partial charge in [0.1, 0.15) is 21.9 Å². The van der Waals surface area contributed by atoms with E-state index in [1.807, 2.05) is 52.1 Å². The van der Waals surface area contributed by atoms with Gasteiger partial charge in [0.2, 0.25) is 0 Å². The van der Waals surface area contributed by atoms with E-state index in [0.29, 0.717) is 37.4 Å². The Morgan fingerprint density at radius 2 is 1.86 bits per heavy atom. The van der Waals surface area contributed by atoms with E-state index in [1.54, 1.807) is 30.3 Å².